The summed E-state index contributed by atoms with van der Waals surface area (Å²) in [4.78, 5) is 8.39. The van der Waals surface area contributed by atoms with E-state index in [1.165, 1.54) is 23.9 Å². The van der Waals surface area contributed by atoms with Crippen molar-refractivity contribution in [2.24, 2.45) is 0 Å². The molecule has 7 heteroatoms. The van der Waals surface area contributed by atoms with Gasteiger partial charge in [0.25, 0.3) is 0 Å². The van der Waals surface area contributed by atoms with Crippen molar-refractivity contribution >= 4 is 11.8 Å². The van der Waals surface area contributed by atoms with Crippen LogP contribution in [0, 0.1) is 12.7 Å². The molecular formula is C13H11FN4OS. The first-order valence-corrected chi connectivity index (χ1v) is 6.92. The fraction of sp³-hybridized carbons (Fsp3) is 0.154. The maximum atomic E-state index is 13.3. The van der Waals surface area contributed by atoms with E-state index in [0.717, 1.165) is 10.8 Å². The summed E-state index contributed by atoms with van der Waals surface area (Å²) >= 11 is 1.45. The van der Waals surface area contributed by atoms with Crippen LogP contribution in [0.1, 0.15) is 11.7 Å². The summed E-state index contributed by atoms with van der Waals surface area (Å²) in [6, 6.07) is 6.36. The minimum atomic E-state index is -0.278. The molecule has 102 valence electrons. The van der Waals surface area contributed by atoms with Crippen molar-refractivity contribution in [3.8, 4) is 5.69 Å². The fourth-order valence-corrected chi connectivity index (χ4v) is 2.55. The molecule has 0 aliphatic carbocycles. The lowest BCUT2D eigenvalue weighted by atomic mass is 10.3. The van der Waals surface area contributed by atoms with Crippen LogP contribution in [0.4, 0.5) is 4.39 Å². The Bertz CT molecular complexity index is 724. The maximum absolute atomic E-state index is 13.3. The number of rotatable bonds is 4. The van der Waals surface area contributed by atoms with Crippen molar-refractivity contribution in [1.82, 2.24) is 19.7 Å². The Kier molecular flexibility index (Phi) is 3.51. The zero-order valence-electron chi connectivity index (χ0n) is 10.7. The predicted octanol–water partition coefficient (Wildman–Crippen LogP) is 3.00. The highest BCUT2D eigenvalue weighted by atomic mass is 32.2. The molecule has 0 saturated heterocycles. The van der Waals surface area contributed by atoms with Crippen molar-refractivity contribution in [1.29, 1.82) is 0 Å². The van der Waals surface area contributed by atoms with E-state index in [2.05, 4.69) is 15.1 Å². The van der Waals surface area contributed by atoms with Gasteiger partial charge in [-0.3, -0.25) is 4.57 Å². The minimum absolute atomic E-state index is 0.278. The van der Waals surface area contributed by atoms with Crippen molar-refractivity contribution in [2.45, 2.75) is 17.8 Å². The van der Waals surface area contributed by atoms with Crippen molar-refractivity contribution in [3.05, 3.63) is 54.2 Å². The van der Waals surface area contributed by atoms with E-state index >= 15 is 0 Å². The Morgan fingerprint density at radius 1 is 1.40 bits per heavy atom. The highest BCUT2D eigenvalue weighted by Gasteiger charge is 2.09. The van der Waals surface area contributed by atoms with E-state index in [0.29, 0.717) is 17.5 Å². The number of hydrogen-bond acceptors (Lipinski definition) is 5. The molecule has 3 aromatic rings. The fourth-order valence-electron chi connectivity index (χ4n) is 1.74. The summed E-state index contributed by atoms with van der Waals surface area (Å²) in [5, 5.41) is 4.47. The topological polar surface area (TPSA) is 56.7 Å². The second kappa shape index (κ2) is 5.46. The molecule has 1 aromatic carbocycles. The van der Waals surface area contributed by atoms with Crippen LogP contribution in [-0.4, -0.2) is 19.7 Å². The Hall–Kier alpha value is -2.15. The Balaban J connectivity index is 1.80. The molecule has 0 radical (unpaired) electrons. The lowest BCUT2D eigenvalue weighted by Gasteiger charge is -2.06. The monoisotopic (exact) mass is 290 g/mol. The number of benzene rings is 1. The molecule has 0 fully saturated rings. The molecule has 2 heterocycles. The van der Waals surface area contributed by atoms with E-state index in [1.807, 2.05) is 10.6 Å². The molecule has 5 nitrogen and oxygen atoms in total. The molecule has 0 aliphatic heterocycles. The van der Waals surface area contributed by atoms with Gasteiger partial charge in [-0.2, -0.15) is 4.98 Å². The third-order valence-corrected chi connectivity index (χ3v) is 3.54. The zero-order valence-corrected chi connectivity index (χ0v) is 11.5. The van der Waals surface area contributed by atoms with E-state index in [4.69, 9.17) is 4.52 Å². The summed E-state index contributed by atoms with van der Waals surface area (Å²) in [5.41, 5.74) is 0.728. The predicted molar refractivity (Wildman–Crippen MR) is 72.1 cm³/mol. The van der Waals surface area contributed by atoms with Crippen LogP contribution in [0.3, 0.4) is 0 Å². The molecule has 0 amide bonds. The highest BCUT2D eigenvalue weighted by molar-refractivity contribution is 7.98. The first-order chi connectivity index (χ1) is 9.72. The minimum Gasteiger partial charge on any atom is -0.338 e. The van der Waals surface area contributed by atoms with Gasteiger partial charge in [0.2, 0.25) is 5.89 Å². The normalized spacial score (nSPS) is 10.9. The van der Waals surface area contributed by atoms with Crippen molar-refractivity contribution in [3.63, 3.8) is 0 Å². The van der Waals surface area contributed by atoms with Gasteiger partial charge >= 0.3 is 0 Å². The van der Waals surface area contributed by atoms with Gasteiger partial charge < -0.3 is 4.52 Å². The van der Waals surface area contributed by atoms with E-state index in [1.54, 1.807) is 25.4 Å². The highest BCUT2D eigenvalue weighted by Crippen LogP contribution is 2.23. The molecule has 20 heavy (non-hydrogen) atoms. The lowest BCUT2D eigenvalue weighted by molar-refractivity contribution is 0.387. The number of aryl methyl sites for hydroxylation is 1. The largest absolute Gasteiger partial charge is 0.338 e. The number of imidazole rings is 1. The molecule has 0 atom stereocenters. The third-order valence-electron chi connectivity index (χ3n) is 2.59. The molecule has 0 unspecified atom stereocenters. The van der Waals surface area contributed by atoms with Gasteiger partial charge in [-0.15, -0.1) is 0 Å². The first kappa shape index (κ1) is 12.9. The molecule has 0 saturated carbocycles. The number of hydrogen-bond donors (Lipinski definition) is 0. The summed E-state index contributed by atoms with van der Waals surface area (Å²) in [6.07, 6.45) is 3.46. The molecule has 3 rings (SSSR count). The standard InChI is InChI=1S/C13H11FN4OS/c1-9-16-12(19-17-9)8-20-13-15-5-6-18(13)11-4-2-3-10(14)7-11/h2-7H,8H2,1H3. The summed E-state index contributed by atoms with van der Waals surface area (Å²) in [6.45, 7) is 1.77. The van der Waals surface area contributed by atoms with Crippen LogP contribution < -0.4 is 0 Å². The van der Waals surface area contributed by atoms with Crippen LogP contribution in [-0.2, 0) is 5.75 Å². The number of nitrogens with zero attached hydrogens (tertiary/aromatic N) is 4. The Morgan fingerprint density at radius 3 is 3.05 bits per heavy atom. The van der Waals surface area contributed by atoms with Gasteiger partial charge in [0, 0.05) is 12.4 Å². The Labute approximate surface area is 118 Å². The van der Waals surface area contributed by atoms with Crippen LogP contribution >= 0.6 is 11.8 Å². The van der Waals surface area contributed by atoms with Crippen molar-refractivity contribution < 1.29 is 8.91 Å². The smallest absolute Gasteiger partial charge is 0.237 e. The summed E-state index contributed by atoms with van der Waals surface area (Å²) < 4.78 is 20.1. The van der Waals surface area contributed by atoms with Crippen LogP contribution in [0.2, 0.25) is 0 Å². The van der Waals surface area contributed by atoms with Gasteiger partial charge in [-0.25, -0.2) is 9.37 Å². The summed E-state index contributed by atoms with van der Waals surface area (Å²) in [5.74, 6) is 1.39. The summed E-state index contributed by atoms with van der Waals surface area (Å²) in [7, 11) is 0. The molecule has 0 aliphatic rings. The van der Waals surface area contributed by atoms with Gasteiger partial charge in [0.05, 0.1) is 11.4 Å². The number of thioether (sulfide) groups is 1. The van der Waals surface area contributed by atoms with Crippen molar-refractivity contribution in [2.75, 3.05) is 0 Å². The molecule has 0 N–H and O–H groups in total. The van der Waals surface area contributed by atoms with Gasteiger partial charge in [0.1, 0.15) is 5.82 Å². The van der Waals surface area contributed by atoms with E-state index < -0.39 is 0 Å². The second-order valence-corrected chi connectivity index (χ2v) is 5.03. The number of aromatic nitrogens is 4. The first-order valence-electron chi connectivity index (χ1n) is 5.93. The van der Waals surface area contributed by atoms with Gasteiger partial charge in [-0.1, -0.05) is 23.0 Å². The zero-order chi connectivity index (χ0) is 13.9. The second-order valence-electron chi connectivity index (χ2n) is 4.08. The van der Waals surface area contributed by atoms with E-state index in [-0.39, 0.29) is 5.82 Å². The van der Waals surface area contributed by atoms with Crippen LogP contribution in [0.15, 0.2) is 46.3 Å². The van der Waals surface area contributed by atoms with E-state index in [9.17, 15) is 4.39 Å². The average molecular weight is 290 g/mol. The van der Waals surface area contributed by atoms with Crippen LogP contribution in [0.5, 0.6) is 0 Å². The lowest BCUT2D eigenvalue weighted by Crippen LogP contribution is -1.96. The molecular weight excluding hydrogens is 279 g/mol. The van der Waals surface area contributed by atoms with Gasteiger partial charge in [0.15, 0.2) is 11.0 Å². The quantitative estimate of drug-likeness (QED) is 0.691. The van der Waals surface area contributed by atoms with Gasteiger partial charge in [-0.05, 0) is 25.1 Å². The third kappa shape index (κ3) is 2.72. The molecule has 2 aromatic heterocycles. The Morgan fingerprint density at radius 2 is 2.30 bits per heavy atom. The van der Waals surface area contributed by atoms with Crippen LogP contribution in [0.25, 0.3) is 5.69 Å². The molecule has 0 spiro atoms. The number of halogens is 1. The average Bonchev–Trinajstić information content (AvgIpc) is 3.05. The maximum Gasteiger partial charge on any atom is 0.237 e. The molecule has 0 bridgehead atoms. The SMILES string of the molecule is Cc1noc(CSc2nccn2-c2cccc(F)c2)n1.